The summed E-state index contributed by atoms with van der Waals surface area (Å²) < 4.78 is 2.58. The van der Waals surface area contributed by atoms with E-state index in [4.69, 9.17) is 12.2 Å². The van der Waals surface area contributed by atoms with Crippen LogP contribution in [0.3, 0.4) is 0 Å². The zero-order chi connectivity index (χ0) is 15.5. The van der Waals surface area contributed by atoms with E-state index in [1.54, 1.807) is 0 Å². The number of piperidine rings is 1. The summed E-state index contributed by atoms with van der Waals surface area (Å²) in [7, 11) is 0. The molecule has 5 nitrogen and oxygen atoms in total. The molecule has 0 radical (unpaired) electrons. The van der Waals surface area contributed by atoms with Crippen LogP contribution in [0.25, 0.3) is 0 Å². The third-order valence-electron chi connectivity index (χ3n) is 3.81. The van der Waals surface area contributed by atoms with Gasteiger partial charge in [-0.05, 0) is 43.6 Å². The van der Waals surface area contributed by atoms with Crippen LogP contribution in [0.1, 0.15) is 18.4 Å². The molecule has 1 fully saturated rings. The number of rotatable bonds is 4. The van der Waals surface area contributed by atoms with Gasteiger partial charge in [-0.2, -0.15) is 0 Å². The standard InChI is InChI=1S/C15H20N4OS2/c1-11-5-2-3-7-13(11)16-14-17-19(15(21)22-14)10-18-8-4-6-12(20)9-18/h2-3,5,7,12,20H,4,6,8-10H2,1H3,(H,16,17)/t12-/m1/s1. The van der Waals surface area contributed by atoms with Gasteiger partial charge in [-0.15, -0.1) is 5.10 Å². The van der Waals surface area contributed by atoms with Crippen molar-refractivity contribution in [1.29, 1.82) is 0 Å². The Balaban J connectivity index is 1.71. The number of hydrogen-bond acceptors (Lipinski definition) is 6. The number of anilines is 2. The topological polar surface area (TPSA) is 53.3 Å². The molecule has 0 aliphatic carbocycles. The summed E-state index contributed by atoms with van der Waals surface area (Å²) >= 11 is 6.88. The van der Waals surface area contributed by atoms with Crippen molar-refractivity contribution in [2.24, 2.45) is 0 Å². The Morgan fingerprint density at radius 1 is 1.45 bits per heavy atom. The molecule has 7 heteroatoms. The van der Waals surface area contributed by atoms with Gasteiger partial charge in [-0.3, -0.25) is 4.90 Å². The number of para-hydroxylation sites is 1. The molecular formula is C15H20N4OS2. The Bertz CT molecular complexity index is 697. The van der Waals surface area contributed by atoms with Crippen LogP contribution in [-0.2, 0) is 6.67 Å². The Labute approximate surface area is 139 Å². The monoisotopic (exact) mass is 336 g/mol. The lowest BCUT2D eigenvalue weighted by atomic mass is 10.1. The normalized spacial score (nSPS) is 19.3. The van der Waals surface area contributed by atoms with Crippen molar-refractivity contribution in [2.75, 3.05) is 18.4 Å². The molecule has 0 bridgehead atoms. The summed E-state index contributed by atoms with van der Waals surface area (Å²) in [5, 5.41) is 18.4. The molecule has 2 heterocycles. The first-order valence-electron chi connectivity index (χ1n) is 7.43. The lowest BCUT2D eigenvalue weighted by Gasteiger charge is -2.29. The number of likely N-dealkylation sites (tertiary alicyclic amines) is 1. The predicted molar refractivity (Wildman–Crippen MR) is 92.2 cm³/mol. The quantitative estimate of drug-likeness (QED) is 0.840. The van der Waals surface area contributed by atoms with E-state index in [9.17, 15) is 5.11 Å². The van der Waals surface area contributed by atoms with Crippen LogP contribution >= 0.6 is 23.6 Å². The average Bonchev–Trinajstić information content (AvgIpc) is 2.81. The second-order valence-electron chi connectivity index (χ2n) is 5.63. The molecule has 0 saturated carbocycles. The highest BCUT2D eigenvalue weighted by Crippen LogP contribution is 2.23. The van der Waals surface area contributed by atoms with Crippen LogP contribution in [0.2, 0.25) is 0 Å². The molecular weight excluding hydrogens is 316 g/mol. The molecule has 1 aliphatic heterocycles. The van der Waals surface area contributed by atoms with Crippen molar-refractivity contribution in [3.05, 3.63) is 33.8 Å². The first kappa shape index (κ1) is 15.6. The molecule has 2 aromatic rings. The zero-order valence-electron chi connectivity index (χ0n) is 12.5. The van der Waals surface area contributed by atoms with Crippen molar-refractivity contribution < 1.29 is 5.11 Å². The fraction of sp³-hybridized carbons (Fsp3) is 0.467. The van der Waals surface area contributed by atoms with Gasteiger partial charge >= 0.3 is 0 Å². The predicted octanol–water partition coefficient (Wildman–Crippen LogP) is 3.14. The maximum atomic E-state index is 9.75. The van der Waals surface area contributed by atoms with E-state index in [0.29, 0.717) is 13.2 Å². The summed E-state index contributed by atoms with van der Waals surface area (Å²) in [4.78, 5) is 2.20. The number of nitrogens with one attached hydrogen (secondary N) is 1. The number of hydrogen-bond donors (Lipinski definition) is 2. The number of benzene rings is 1. The maximum absolute atomic E-state index is 9.75. The summed E-state index contributed by atoms with van der Waals surface area (Å²) in [5.41, 5.74) is 2.22. The Hall–Kier alpha value is -1.28. The fourth-order valence-corrected chi connectivity index (χ4v) is 3.63. The van der Waals surface area contributed by atoms with E-state index in [2.05, 4.69) is 28.3 Å². The second kappa shape index (κ2) is 6.87. The highest BCUT2D eigenvalue weighted by molar-refractivity contribution is 7.73. The van der Waals surface area contributed by atoms with E-state index in [1.165, 1.54) is 16.9 Å². The molecule has 22 heavy (non-hydrogen) atoms. The van der Waals surface area contributed by atoms with Crippen molar-refractivity contribution in [2.45, 2.75) is 32.5 Å². The summed E-state index contributed by atoms with van der Waals surface area (Å²) in [6.45, 7) is 4.38. The summed E-state index contributed by atoms with van der Waals surface area (Å²) in [5.74, 6) is 0. The molecule has 0 unspecified atom stereocenters. The third kappa shape index (κ3) is 3.73. The van der Waals surface area contributed by atoms with Gasteiger partial charge < -0.3 is 10.4 Å². The van der Waals surface area contributed by atoms with E-state index >= 15 is 0 Å². The van der Waals surface area contributed by atoms with Crippen LogP contribution in [0.5, 0.6) is 0 Å². The second-order valence-corrected chi connectivity index (χ2v) is 7.25. The van der Waals surface area contributed by atoms with E-state index in [1.807, 2.05) is 22.9 Å². The molecule has 0 spiro atoms. The van der Waals surface area contributed by atoms with Crippen LogP contribution < -0.4 is 5.32 Å². The molecule has 3 rings (SSSR count). The fourth-order valence-electron chi connectivity index (χ4n) is 2.62. The molecule has 0 amide bonds. The Morgan fingerprint density at radius 3 is 3.05 bits per heavy atom. The number of β-amino-alcohol motifs (C(OH)–C–C–N with tert-alkyl or cyclic N) is 1. The van der Waals surface area contributed by atoms with Crippen molar-refractivity contribution >= 4 is 34.4 Å². The zero-order valence-corrected chi connectivity index (χ0v) is 14.2. The number of aryl methyl sites for hydroxylation is 1. The average molecular weight is 336 g/mol. The van der Waals surface area contributed by atoms with Crippen molar-refractivity contribution in [1.82, 2.24) is 14.7 Å². The summed E-state index contributed by atoms with van der Waals surface area (Å²) in [6.07, 6.45) is 1.68. The van der Waals surface area contributed by atoms with Crippen LogP contribution in [-0.4, -0.2) is 39.0 Å². The summed E-state index contributed by atoms with van der Waals surface area (Å²) in [6, 6.07) is 8.11. The highest BCUT2D eigenvalue weighted by Gasteiger charge is 2.18. The van der Waals surface area contributed by atoms with Crippen LogP contribution in [0.4, 0.5) is 10.8 Å². The third-order valence-corrected chi connectivity index (χ3v) is 5.03. The minimum atomic E-state index is -0.230. The lowest BCUT2D eigenvalue weighted by Crippen LogP contribution is -2.39. The molecule has 1 aromatic carbocycles. The number of aliphatic hydroxyl groups is 1. The first-order chi connectivity index (χ1) is 10.6. The van der Waals surface area contributed by atoms with Gasteiger partial charge in [-0.25, -0.2) is 4.68 Å². The minimum absolute atomic E-state index is 0.230. The molecule has 1 saturated heterocycles. The largest absolute Gasteiger partial charge is 0.392 e. The number of aliphatic hydroxyl groups excluding tert-OH is 1. The smallest absolute Gasteiger partial charge is 0.209 e. The van der Waals surface area contributed by atoms with Gasteiger partial charge in [0.05, 0.1) is 12.8 Å². The van der Waals surface area contributed by atoms with Gasteiger partial charge in [0.1, 0.15) is 0 Å². The van der Waals surface area contributed by atoms with E-state index in [0.717, 1.165) is 34.2 Å². The van der Waals surface area contributed by atoms with E-state index in [-0.39, 0.29) is 6.10 Å². The van der Waals surface area contributed by atoms with Gasteiger partial charge in [0, 0.05) is 18.8 Å². The molecule has 1 aliphatic rings. The molecule has 118 valence electrons. The SMILES string of the molecule is Cc1ccccc1Nc1nn(CN2CCC[C@@H](O)C2)c(=S)s1. The lowest BCUT2D eigenvalue weighted by molar-refractivity contribution is 0.0516. The van der Waals surface area contributed by atoms with Gasteiger partial charge in [-0.1, -0.05) is 29.5 Å². The van der Waals surface area contributed by atoms with Gasteiger partial charge in [0.2, 0.25) is 5.13 Å². The molecule has 2 N–H and O–H groups in total. The minimum Gasteiger partial charge on any atom is -0.392 e. The van der Waals surface area contributed by atoms with E-state index < -0.39 is 0 Å². The van der Waals surface area contributed by atoms with Crippen LogP contribution in [0.15, 0.2) is 24.3 Å². The maximum Gasteiger partial charge on any atom is 0.209 e. The highest BCUT2D eigenvalue weighted by atomic mass is 32.1. The molecule has 1 aromatic heterocycles. The van der Waals surface area contributed by atoms with Gasteiger partial charge in [0.25, 0.3) is 0 Å². The number of nitrogens with zero attached hydrogens (tertiary/aromatic N) is 3. The number of aromatic nitrogens is 2. The first-order valence-corrected chi connectivity index (χ1v) is 8.65. The van der Waals surface area contributed by atoms with Crippen molar-refractivity contribution in [3.63, 3.8) is 0 Å². The Morgan fingerprint density at radius 2 is 2.27 bits per heavy atom. The van der Waals surface area contributed by atoms with Crippen molar-refractivity contribution in [3.8, 4) is 0 Å². The van der Waals surface area contributed by atoms with Crippen LogP contribution in [0, 0.1) is 10.9 Å². The molecule has 1 atom stereocenters. The van der Waals surface area contributed by atoms with Gasteiger partial charge in [0.15, 0.2) is 3.95 Å². The Kier molecular flexibility index (Phi) is 4.87.